The maximum absolute atomic E-state index is 14.9. The molecule has 0 radical (unpaired) electrons. The number of ketones is 1. The second-order valence-corrected chi connectivity index (χ2v) is 8.59. The fourth-order valence-electron chi connectivity index (χ4n) is 4.67. The fourth-order valence-corrected chi connectivity index (χ4v) is 4.67. The average molecular weight is 523 g/mol. The van der Waals surface area contributed by atoms with Crippen molar-refractivity contribution in [3.05, 3.63) is 89.0 Å². The van der Waals surface area contributed by atoms with E-state index < -0.39 is 40.8 Å². The van der Waals surface area contributed by atoms with Crippen LogP contribution in [0.2, 0.25) is 0 Å². The van der Waals surface area contributed by atoms with Gasteiger partial charge in [-0.25, -0.2) is 8.78 Å². The Labute approximate surface area is 219 Å². The van der Waals surface area contributed by atoms with Gasteiger partial charge in [0.25, 0.3) is 11.7 Å². The number of hydrogen-bond donors (Lipinski definition) is 1. The molecule has 1 unspecified atom stereocenters. The molecule has 1 N–H and O–H groups in total. The lowest BCUT2D eigenvalue weighted by Gasteiger charge is -2.27. The lowest BCUT2D eigenvalue weighted by atomic mass is 9.94. The molecule has 1 heterocycles. The van der Waals surface area contributed by atoms with Crippen molar-refractivity contribution in [3.63, 3.8) is 0 Å². The van der Waals surface area contributed by atoms with Crippen molar-refractivity contribution in [1.82, 2.24) is 0 Å². The van der Waals surface area contributed by atoms with Gasteiger partial charge in [0, 0.05) is 24.8 Å². The Morgan fingerprint density at radius 1 is 0.947 bits per heavy atom. The number of ether oxygens (including phenoxy) is 2. The van der Waals surface area contributed by atoms with Crippen LogP contribution in [0, 0.1) is 11.6 Å². The summed E-state index contributed by atoms with van der Waals surface area (Å²) in [4.78, 5) is 29.7. The molecule has 0 spiro atoms. The molecule has 3 aromatic carbocycles. The number of halogens is 2. The normalized spacial score (nSPS) is 16.6. The summed E-state index contributed by atoms with van der Waals surface area (Å²) >= 11 is 0. The molecule has 0 aliphatic carbocycles. The third-order valence-electron chi connectivity index (χ3n) is 6.61. The van der Waals surface area contributed by atoms with Crippen LogP contribution in [0.5, 0.6) is 11.5 Å². The first kappa shape index (κ1) is 26.7. The number of carbonyl (C=O) groups is 2. The number of Topliss-reactive ketones (excluding diaryl/α,β-unsaturated/α-hetero) is 1. The highest BCUT2D eigenvalue weighted by Crippen LogP contribution is 2.44. The molecule has 1 aliphatic heterocycles. The van der Waals surface area contributed by atoms with Crippen LogP contribution in [0.4, 0.5) is 20.2 Å². The first-order valence-electron chi connectivity index (χ1n) is 12.1. The summed E-state index contributed by atoms with van der Waals surface area (Å²) in [5.74, 6) is -3.76. The van der Waals surface area contributed by atoms with Crippen molar-refractivity contribution in [1.29, 1.82) is 0 Å². The topological polar surface area (TPSA) is 79.3 Å². The quantitative estimate of drug-likeness (QED) is 0.241. The molecule has 1 atom stereocenters. The molecule has 1 aliphatic rings. The minimum Gasteiger partial charge on any atom is -0.507 e. The monoisotopic (exact) mass is 522 g/mol. The van der Waals surface area contributed by atoms with Gasteiger partial charge in [0.05, 0.1) is 37.1 Å². The van der Waals surface area contributed by atoms with Gasteiger partial charge in [-0.2, -0.15) is 0 Å². The highest BCUT2D eigenvalue weighted by atomic mass is 19.1. The van der Waals surface area contributed by atoms with Crippen LogP contribution in [0.25, 0.3) is 5.76 Å². The number of hydrogen-bond acceptors (Lipinski definition) is 6. The van der Waals surface area contributed by atoms with E-state index in [0.29, 0.717) is 11.3 Å². The zero-order valence-electron chi connectivity index (χ0n) is 21.5. The highest BCUT2D eigenvalue weighted by Gasteiger charge is 2.48. The number of rotatable bonds is 8. The summed E-state index contributed by atoms with van der Waals surface area (Å²) in [5.41, 5.74) is 0.728. The van der Waals surface area contributed by atoms with E-state index >= 15 is 0 Å². The summed E-state index contributed by atoms with van der Waals surface area (Å²) in [6.45, 7) is 5.55. The van der Waals surface area contributed by atoms with Crippen LogP contribution < -0.4 is 19.3 Å². The molecule has 1 saturated heterocycles. The van der Waals surface area contributed by atoms with Gasteiger partial charge in [-0.3, -0.25) is 14.5 Å². The highest BCUT2D eigenvalue weighted by molar-refractivity contribution is 6.51. The van der Waals surface area contributed by atoms with Crippen molar-refractivity contribution in [2.75, 3.05) is 37.1 Å². The van der Waals surface area contributed by atoms with Crippen molar-refractivity contribution in [3.8, 4) is 11.5 Å². The second-order valence-electron chi connectivity index (χ2n) is 8.59. The van der Waals surface area contributed by atoms with E-state index in [0.717, 1.165) is 41.9 Å². The number of methoxy groups -OCH3 is 2. The van der Waals surface area contributed by atoms with Gasteiger partial charge in [0.2, 0.25) is 0 Å². The van der Waals surface area contributed by atoms with E-state index in [9.17, 15) is 23.5 Å². The Balaban J connectivity index is 1.98. The molecule has 3 aromatic rings. The largest absolute Gasteiger partial charge is 0.507 e. The molecule has 1 amide bonds. The van der Waals surface area contributed by atoms with Crippen molar-refractivity contribution in [2.45, 2.75) is 19.9 Å². The zero-order chi connectivity index (χ0) is 27.6. The average Bonchev–Trinajstić information content (AvgIpc) is 3.20. The van der Waals surface area contributed by atoms with Crippen molar-refractivity contribution in [2.24, 2.45) is 0 Å². The molecule has 0 bridgehead atoms. The minimum atomic E-state index is -1.24. The summed E-state index contributed by atoms with van der Waals surface area (Å²) in [6.07, 6.45) is 0. The molecular formula is C29H28F2N2O5. The molecule has 198 valence electrons. The summed E-state index contributed by atoms with van der Waals surface area (Å²) in [5, 5.41) is 11.4. The minimum absolute atomic E-state index is 0.106. The van der Waals surface area contributed by atoms with Crippen LogP contribution in [0.1, 0.15) is 31.0 Å². The van der Waals surface area contributed by atoms with E-state index in [1.165, 1.54) is 20.3 Å². The van der Waals surface area contributed by atoms with Crippen LogP contribution >= 0.6 is 0 Å². The van der Waals surface area contributed by atoms with Gasteiger partial charge in [-0.1, -0.05) is 12.1 Å². The number of amides is 1. The number of aliphatic hydroxyl groups is 1. The van der Waals surface area contributed by atoms with E-state index in [4.69, 9.17) is 9.47 Å². The van der Waals surface area contributed by atoms with Gasteiger partial charge in [0.1, 0.15) is 28.9 Å². The number of aliphatic hydroxyl groups excluding tert-OH is 1. The second kappa shape index (κ2) is 10.9. The predicted octanol–water partition coefficient (Wildman–Crippen LogP) is 5.45. The number of benzene rings is 3. The van der Waals surface area contributed by atoms with E-state index in [1.807, 2.05) is 26.0 Å². The Morgan fingerprint density at radius 2 is 1.63 bits per heavy atom. The van der Waals surface area contributed by atoms with E-state index in [-0.39, 0.29) is 16.9 Å². The summed E-state index contributed by atoms with van der Waals surface area (Å²) in [6, 6.07) is 13.1. The maximum atomic E-state index is 14.9. The van der Waals surface area contributed by atoms with Crippen LogP contribution in [-0.2, 0) is 9.59 Å². The summed E-state index contributed by atoms with van der Waals surface area (Å²) < 4.78 is 39.8. The Hall–Kier alpha value is -4.40. The lowest BCUT2D eigenvalue weighted by molar-refractivity contribution is -0.132. The first-order valence-corrected chi connectivity index (χ1v) is 12.1. The Bertz CT molecular complexity index is 1400. The van der Waals surface area contributed by atoms with Crippen molar-refractivity contribution < 1.29 is 33.0 Å². The van der Waals surface area contributed by atoms with Crippen LogP contribution in [0.3, 0.4) is 0 Å². The SMILES string of the molecule is CCN(CC)c1ccc(C2/C(=C(\O)c3cc(OC)ccc3OC)C(=O)C(=O)N2c2cc(F)ccc2F)cc1. The molecular weight excluding hydrogens is 494 g/mol. The Morgan fingerprint density at radius 3 is 2.24 bits per heavy atom. The lowest BCUT2D eigenvalue weighted by Crippen LogP contribution is -2.30. The van der Waals surface area contributed by atoms with Crippen molar-refractivity contribution >= 4 is 28.8 Å². The number of carbonyl (C=O) groups excluding carboxylic acids is 2. The van der Waals surface area contributed by atoms with Gasteiger partial charge < -0.3 is 19.5 Å². The van der Waals surface area contributed by atoms with Gasteiger partial charge in [0.15, 0.2) is 0 Å². The standard InChI is InChI=1S/C29H28F2N2O5/c1-5-32(6-2)19-10-7-17(8-11-19)26-25(27(34)21-16-20(37-3)12-14-24(21)38-4)28(35)29(36)33(26)23-15-18(30)9-13-22(23)31/h7-16,26,34H,5-6H2,1-4H3/b27-25+. The smallest absolute Gasteiger partial charge is 0.300 e. The molecule has 0 saturated carbocycles. The molecule has 38 heavy (non-hydrogen) atoms. The molecule has 9 heteroatoms. The zero-order valence-corrected chi connectivity index (χ0v) is 21.5. The third kappa shape index (κ3) is 4.67. The Kier molecular flexibility index (Phi) is 7.66. The fraction of sp³-hybridized carbons (Fsp3) is 0.241. The van der Waals surface area contributed by atoms with Gasteiger partial charge >= 0.3 is 0 Å². The van der Waals surface area contributed by atoms with E-state index in [1.54, 1.807) is 24.3 Å². The summed E-state index contributed by atoms with van der Waals surface area (Å²) in [7, 11) is 2.83. The van der Waals surface area contributed by atoms with E-state index in [2.05, 4.69) is 4.90 Å². The predicted molar refractivity (Wildman–Crippen MR) is 141 cm³/mol. The molecule has 7 nitrogen and oxygen atoms in total. The molecule has 0 aromatic heterocycles. The molecule has 1 fully saturated rings. The van der Waals surface area contributed by atoms with Crippen LogP contribution in [-0.4, -0.2) is 44.1 Å². The molecule has 4 rings (SSSR count). The van der Waals surface area contributed by atoms with Crippen LogP contribution in [0.15, 0.2) is 66.2 Å². The number of anilines is 2. The first-order chi connectivity index (χ1) is 18.2. The van der Waals surface area contributed by atoms with Gasteiger partial charge in [-0.05, 0) is 61.9 Å². The number of nitrogens with zero attached hydrogens (tertiary/aromatic N) is 2. The third-order valence-corrected chi connectivity index (χ3v) is 6.61. The maximum Gasteiger partial charge on any atom is 0.300 e. The van der Waals surface area contributed by atoms with Gasteiger partial charge in [-0.15, -0.1) is 0 Å².